The fraction of sp³-hybridized carbons (Fsp3) is 0.0612. The highest BCUT2D eigenvalue weighted by atomic mass is 15.0. The van der Waals surface area contributed by atoms with Gasteiger partial charge in [0.25, 0.3) is 0 Å². The smallest absolute Gasteiger partial charge is 0.0979 e. The normalized spacial score (nSPS) is 13.3. The number of fused-ring (bicyclic) bond motifs is 15. The SMILES string of the molecule is CC1(C)c2ccccc2-c2c1ccc1c2c2ccccc2n1-c1cccc(-c2cnc3c(n2)-c2ccccc2-c2ccccc2-c2ccccc2-3)c1. The average Bonchev–Trinajstić information content (AvgIpc) is 3.66. The second-order valence-corrected chi connectivity index (χ2v) is 14.5. The molecule has 2 aliphatic carbocycles. The maximum absolute atomic E-state index is 5.46. The monoisotopic (exact) mass is 663 g/mol. The molecule has 0 bridgehead atoms. The molecule has 9 aromatic rings. The highest BCUT2D eigenvalue weighted by Gasteiger charge is 2.37. The molecule has 244 valence electrons. The Morgan fingerprint density at radius 3 is 1.81 bits per heavy atom. The van der Waals surface area contributed by atoms with Crippen LogP contribution in [0.15, 0.2) is 164 Å². The fourth-order valence-corrected chi connectivity index (χ4v) is 9.05. The molecule has 11 rings (SSSR count). The average molecular weight is 664 g/mol. The largest absolute Gasteiger partial charge is 0.309 e. The summed E-state index contributed by atoms with van der Waals surface area (Å²) in [7, 11) is 0. The molecule has 0 spiro atoms. The Hall–Kier alpha value is -6.58. The van der Waals surface area contributed by atoms with Crippen LogP contribution in [0.4, 0.5) is 0 Å². The van der Waals surface area contributed by atoms with Gasteiger partial charge in [0.15, 0.2) is 0 Å². The molecule has 0 atom stereocenters. The minimum absolute atomic E-state index is 0.0620. The molecular formula is C49H33N3. The molecule has 0 aliphatic heterocycles. The first kappa shape index (κ1) is 29.2. The van der Waals surface area contributed by atoms with E-state index in [9.17, 15) is 0 Å². The van der Waals surface area contributed by atoms with Gasteiger partial charge in [-0.1, -0.05) is 147 Å². The standard InChI is InChI=1S/C49H33N3/c1-49(2)40-24-11-9-22-38(40)45-41(49)26-27-44-46(45)39-23-10-12-25-43(39)52(44)31-15-13-14-30(28-31)42-29-50-47-36-20-7-5-18-34(36)32-16-3-4-17-33(32)35-19-6-8-21-37(35)48(47)51-42/h3-29H,1-2H3. The minimum atomic E-state index is -0.0620. The van der Waals surface area contributed by atoms with Crippen molar-refractivity contribution in [1.29, 1.82) is 0 Å². The first-order valence-electron chi connectivity index (χ1n) is 18.0. The van der Waals surface area contributed by atoms with Crippen molar-refractivity contribution >= 4 is 21.8 Å². The van der Waals surface area contributed by atoms with Gasteiger partial charge in [-0.25, -0.2) is 4.98 Å². The summed E-state index contributed by atoms with van der Waals surface area (Å²) in [6, 6.07) is 57.1. The van der Waals surface area contributed by atoms with Gasteiger partial charge in [0.2, 0.25) is 0 Å². The molecule has 0 unspecified atom stereocenters. The van der Waals surface area contributed by atoms with Gasteiger partial charge >= 0.3 is 0 Å². The van der Waals surface area contributed by atoms with E-state index in [2.05, 4.69) is 176 Å². The van der Waals surface area contributed by atoms with Gasteiger partial charge in [0.1, 0.15) is 0 Å². The Labute approximate surface area is 302 Å². The molecule has 3 nitrogen and oxygen atoms in total. The predicted molar refractivity (Wildman–Crippen MR) is 215 cm³/mol. The molecule has 2 aromatic heterocycles. The maximum Gasteiger partial charge on any atom is 0.0979 e. The second-order valence-electron chi connectivity index (χ2n) is 14.5. The lowest BCUT2D eigenvalue weighted by Crippen LogP contribution is -2.14. The Bertz CT molecular complexity index is 2940. The quantitative estimate of drug-likeness (QED) is 0.184. The zero-order chi connectivity index (χ0) is 34.6. The van der Waals surface area contributed by atoms with Crippen LogP contribution in [0.3, 0.4) is 0 Å². The molecule has 3 heteroatoms. The molecule has 0 saturated carbocycles. The molecule has 52 heavy (non-hydrogen) atoms. The van der Waals surface area contributed by atoms with Crippen molar-refractivity contribution in [2.75, 3.05) is 0 Å². The van der Waals surface area contributed by atoms with Crippen LogP contribution in [-0.4, -0.2) is 14.5 Å². The molecule has 7 aromatic carbocycles. The van der Waals surface area contributed by atoms with E-state index in [1.807, 2.05) is 6.20 Å². The van der Waals surface area contributed by atoms with Gasteiger partial charge in [-0.2, -0.15) is 0 Å². The molecule has 0 saturated heterocycles. The Kier molecular flexibility index (Phi) is 6.01. The zero-order valence-corrected chi connectivity index (χ0v) is 28.9. The number of para-hydroxylation sites is 1. The third-order valence-electron chi connectivity index (χ3n) is 11.4. The van der Waals surface area contributed by atoms with Crippen molar-refractivity contribution in [3.63, 3.8) is 0 Å². The zero-order valence-electron chi connectivity index (χ0n) is 28.9. The maximum atomic E-state index is 5.46. The summed E-state index contributed by atoms with van der Waals surface area (Å²) in [5.74, 6) is 0. The lowest BCUT2D eigenvalue weighted by atomic mass is 9.82. The topological polar surface area (TPSA) is 30.7 Å². The van der Waals surface area contributed by atoms with Crippen LogP contribution < -0.4 is 0 Å². The summed E-state index contributed by atoms with van der Waals surface area (Å²) in [5, 5.41) is 2.58. The van der Waals surface area contributed by atoms with E-state index >= 15 is 0 Å². The van der Waals surface area contributed by atoms with Crippen molar-refractivity contribution < 1.29 is 0 Å². The van der Waals surface area contributed by atoms with E-state index in [-0.39, 0.29) is 5.41 Å². The van der Waals surface area contributed by atoms with Crippen LogP contribution in [0.1, 0.15) is 25.0 Å². The van der Waals surface area contributed by atoms with Crippen LogP contribution in [0, 0.1) is 0 Å². The van der Waals surface area contributed by atoms with E-state index in [4.69, 9.17) is 9.97 Å². The first-order valence-corrected chi connectivity index (χ1v) is 18.0. The third-order valence-corrected chi connectivity index (χ3v) is 11.4. The van der Waals surface area contributed by atoms with E-state index in [0.29, 0.717) is 0 Å². The third kappa shape index (κ3) is 3.96. The van der Waals surface area contributed by atoms with Gasteiger partial charge in [0, 0.05) is 38.6 Å². The number of rotatable bonds is 2. The van der Waals surface area contributed by atoms with Gasteiger partial charge in [-0.3, -0.25) is 4.98 Å². The summed E-state index contributed by atoms with van der Waals surface area (Å²) < 4.78 is 2.42. The molecule has 2 heterocycles. The highest BCUT2D eigenvalue weighted by Crippen LogP contribution is 2.53. The molecular weight excluding hydrogens is 631 g/mol. The van der Waals surface area contributed by atoms with Crippen molar-refractivity contribution in [2.45, 2.75) is 19.3 Å². The van der Waals surface area contributed by atoms with Gasteiger partial charge < -0.3 is 4.57 Å². The lowest BCUT2D eigenvalue weighted by Gasteiger charge is -2.22. The fourth-order valence-electron chi connectivity index (χ4n) is 9.05. The first-order chi connectivity index (χ1) is 25.6. The van der Waals surface area contributed by atoms with Crippen LogP contribution in [0.2, 0.25) is 0 Å². The number of hydrogen-bond acceptors (Lipinski definition) is 2. The number of aromatic nitrogens is 3. The lowest BCUT2D eigenvalue weighted by molar-refractivity contribution is 0.661. The van der Waals surface area contributed by atoms with Crippen LogP contribution in [0.25, 0.3) is 94.6 Å². The van der Waals surface area contributed by atoms with Crippen molar-refractivity contribution in [3.8, 4) is 72.8 Å². The second kappa shape index (κ2) is 10.7. The van der Waals surface area contributed by atoms with E-state index in [1.54, 1.807) is 0 Å². The van der Waals surface area contributed by atoms with E-state index in [1.165, 1.54) is 60.8 Å². The minimum Gasteiger partial charge on any atom is -0.309 e. The van der Waals surface area contributed by atoms with Gasteiger partial charge in [-0.15, -0.1) is 0 Å². The van der Waals surface area contributed by atoms with Gasteiger partial charge in [-0.05, 0) is 68.8 Å². The summed E-state index contributed by atoms with van der Waals surface area (Å²) in [6.45, 7) is 4.70. The molecule has 0 N–H and O–H groups in total. The number of hydrogen-bond donors (Lipinski definition) is 0. The molecule has 0 amide bonds. The predicted octanol–water partition coefficient (Wildman–Crippen LogP) is 12.5. The van der Waals surface area contributed by atoms with E-state index < -0.39 is 0 Å². The van der Waals surface area contributed by atoms with E-state index in [0.717, 1.165) is 45.0 Å². The highest BCUT2D eigenvalue weighted by molar-refractivity contribution is 6.18. The van der Waals surface area contributed by atoms with Gasteiger partial charge in [0.05, 0.1) is 34.3 Å². The Morgan fingerprint density at radius 1 is 0.481 bits per heavy atom. The van der Waals surface area contributed by atoms with Crippen LogP contribution in [0.5, 0.6) is 0 Å². The summed E-state index contributed by atoms with van der Waals surface area (Å²) in [6.07, 6.45) is 1.95. The van der Waals surface area contributed by atoms with Crippen molar-refractivity contribution in [2.24, 2.45) is 0 Å². The molecule has 0 fully saturated rings. The number of nitrogens with zero attached hydrogens (tertiary/aromatic N) is 3. The van der Waals surface area contributed by atoms with Crippen LogP contribution in [-0.2, 0) is 5.41 Å². The Balaban J connectivity index is 1.13. The molecule has 2 aliphatic rings. The van der Waals surface area contributed by atoms with Crippen LogP contribution >= 0.6 is 0 Å². The summed E-state index contributed by atoms with van der Waals surface area (Å²) >= 11 is 0. The summed E-state index contributed by atoms with van der Waals surface area (Å²) in [4.78, 5) is 10.7. The Morgan fingerprint density at radius 2 is 1.08 bits per heavy atom. The molecule has 0 radical (unpaired) electrons. The summed E-state index contributed by atoms with van der Waals surface area (Å²) in [5.41, 5.74) is 19.5. The number of benzene rings is 7. The van der Waals surface area contributed by atoms with Crippen molar-refractivity contribution in [1.82, 2.24) is 14.5 Å². The van der Waals surface area contributed by atoms with Crippen molar-refractivity contribution in [3.05, 3.63) is 175 Å².